The van der Waals surface area contributed by atoms with Crippen LogP contribution in [0.1, 0.15) is 19.6 Å². The van der Waals surface area contributed by atoms with E-state index in [4.69, 9.17) is 9.15 Å². The van der Waals surface area contributed by atoms with Gasteiger partial charge in [0.15, 0.2) is 0 Å². The topological polar surface area (TPSA) is 34.7 Å². The summed E-state index contributed by atoms with van der Waals surface area (Å²) in [5.74, 6) is 1.23. The Labute approximate surface area is 116 Å². The van der Waals surface area contributed by atoms with E-state index in [2.05, 4.69) is 30.7 Å². The molecule has 0 amide bonds. The molecule has 0 N–H and O–H groups in total. The zero-order chi connectivity index (χ0) is 12.0. The molecule has 0 unspecified atom stereocenters. The van der Waals surface area contributed by atoms with Gasteiger partial charge in [-0.3, -0.25) is 0 Å². The summed E-state index contributed by atoms with van der Waals surface area (Å²) in [4.78, 5) is 4.47. The summed E-state index contributed by atoms with van der Waals surface area (Å²) in [6, 6.07) is 5.03. The number of hydrogen-bond donors (Lipinski definition) is 0. The van der Waals surface area contributed by atoms with E-state index in [1.807, 2.05) is 19.9 Å². The second kappa shape index (κ2) is 4.68. The van der Waals surface area contributed by atoms with Gasteiger partial charge in [0, 0.05) is 0 Å². The maximum absolute atomic E-state index is 5.78. The molecule has 0 fully saturated rings. The van der Waals surface area contributed by atoms with Crippen LogP contribution in [0.5, 0.6) is 0 Å². The Bertz CT molecular complexity index is 432. The van der Waals surface area contributed by atoms with Crippen molar-refractivity contribution in [3.63, 3.8) is 0 Å². The Morgan fingerprint density at radius 2 is 2.00 bits per heavy atom. The molecular formula is C12H18LiNO2Si. The minimum Gasteiger partial charge on any atom is -0.542 e. The van der Waals surface area contributed by atoms with Crippen LogP contribution in [0.25, 0.3) is 0 Å². The minimum absolute atomic E-state index is 0. The normalized spacial score (nSPS) is 18.3. The summed E-state index contributed by atoms with van der Waals surface area (Å²) < 4.78 is 11.3. The quantitative estimate of drug-likeness (QED) is 0.503. The van der Waals surface area contributed by atoms with Gasteiger partial charge in [-0.25, -0.2) is 0 Å². The number of hydrogen-bond acceptors (Lipinski definition) is 3. The van der Waals surface area contributed by atoms with Crippen LogP contribution in [0.3, 0.4) is 0 Å². The molecule has 1 aliphatic heterocycles. The van der Waals surface area contributed by atoms with Crippen molar-refractivity contribution in [3.8, 4) is 0 Å². The van der Waals surface area contributed by atoms with Crippen LogP contribution in [-0.2, 0) is 4.74 Å². The van der Waals surface area contributed by atoms with E-state index in [1.165, 1.54) is 0 Å². The summed E-state index contributed by atoms with van der Waals surface area (Å²) in [7, 11) is -1.41. The van der Waals surface area contributed by atoms with Crippen molar-refractivity contribution in [2.45, 2.75) is 39.0 Å². The van der Waals surface area contributed by atoms with E-state index in [0.717, 1.165) is 5.38 Å². The number of nitrogens with zero attached hydrogens (tertiary/aromatic N) is 1. The van der Waals surface area contributed by atoms with Crippen LogP contribution >= 0.6 is 0 Å². The van der Waals surface area contributed by atoms with E-state index >= 15 is 0 Å². The fourth-order valence-corrected chi connectivity index (χ4v) is 2.39. The molecule has 0 aliphatic carbocycles. The van der Waals surface area contributed by atoms with Gasteiger partial charge < -0.3 is 14.1 Å². The largest absolute Gasteiger partial charge is 1.00 e. The molecular weight excluding hydrogens is 225 g/mol. The van der Waals surface area contributed by atoms with Gasteiger partial charge in [0.05, 0.1) is 26.0 Å². The smallest absolute Gasteiger partial charge is 0.542 e. The van der Waals surface area contributed by atoms with Gasteiger partial charge in [-0.05, 0) is 19.2 Å². The molecule has 17 heavy (non-hydrogen) atoms. The third kappa shape index (κ3) is 3.28. The van der Waals surface area contributed by atoms with E-state index in [1.54, 1.807) is 0 Å². The van der Waals surface area contributed by atoms with E-state index in [9.17, 15) is 0 Å². The first kappa shape index (κ1) is 14.6. The van der Waals surface area contributed by atoms with Gasteiger partial charge in [0.1, 0.15) is 5.90 Å². The van der Waals surface area contributed by atoms with Crippen LogP contribution in [0.2, 0.25) is 19.6 Å². The zero-order valence-electron chi connectivity index (χ0n) is 11.5. The van der Waals surface area contributed by atoms with Crippen molar-refractivity contribution in [3.05, 3.63) is 17.9 Å². The van der Waals surface area contributed by atoms with Crippen molar-refractivity contribution in [2.24, 2.45) is 4.99 Å². The maximum Gasteiger partial charge on any atom is 1.00 e. The second-order valence-electron chi connectivity index (χ2n) is 5.85. The molecule has 1 aromatic heterocycles. The van der Waals surface area contributed by atoms with Crippen LogP contribution < -0.4 is 24.2 Å². The zero-order valence-corrected chi connectivity index (χ0v) is 12.5. The molecule has 0 bridgehead atoms. The summed E-state index contributed by atoms with van der Waals surface area (Å²) >= 11 is 0. The fourth-order valence-electron chi connectivity index (χ4n) is 1.48. The SMILES string of the molecule is CC1(C)COC(c2[c-]cc([Si](C)(C)C)o2)=N1.[Li+]. The third-order valence-corrected chi connectivity index (χ3v) is 4.17. The first-order chi connectivity index (χ1) is 7.28. The molecule has 0 spiro atoms. The van der Waals surface area contributed by atoms with Crippen molar-refractivity contribution >= 4 is 19.4 Å². The Morgan fingerprint density at radius 1 is 1.35 bits per heavy atom. The molecule has 0 saturated carbocycles. The Morgan fingerprint density at radius 3 is 2.41 bits per heavy atom. The van der Waals surface area contributed by atoms with Gasteiger partial charge in [-0.15, -0.1) is 12.1 Å². The molecule has 88 valence electrons. The second-order valence-corrected chi connectivity index (χ2v) is 10.8. The average molecular weight is 243 g/mol. The molecule has 1 aromatic rings. The Kier molecular flexibility index (Phi) is 4.02. The monoisotopic (exact) mass is 243 g/mol. The molecule has 2 heterocycles. The van der Waals surface area contributed by atoms with E-state index < -0.39 is 8.07 Å². The van der Waals surface area contributed by atoms with Gasteiger partial charge >= 0.3 is 18.9 Å². The molecule has 0 aromatic carbocycles. The Balaban J connectivity index is 0.00000144. The van der Waals surface area contributed by atoms with Crippen LogP contribution in [-0.4, -0.2) is 26.1 Å². The first-order valence-corrected chi connectivity index (χ1v) is 9.03. The van der Waals surface area contributed by atoms with E-state index in [-0.39, 0.29) is 24.4 Å². The van der Waals surface area contributed by atoms with E-state index in [0.29, 0.717) is 18.3 Å². The van der Waals surface area contributed by atoms with Crippen molar-refractivity contribution in [1.29, 1.82) is 0 Å². The molecule has 5 heteroatoms. The summed E-state index contributed by atoms with van der Waals surface area (Å²) in [6.45, 7) is 11.4. The maximum atomic E-state index is 5.78. The number of aliphatic imine (C=N–C) groups is 1. The number of furan rings is 1. The number of ether oxygens (including phenoxy) is 1. The van der Waals surface area contributed by atoms with Crippen LogP contribution in [0.4, 0.5) is 0 Å². The predicted molar refractivity (Wildman–Crippen MR) is 67.1 cm³/mol. The molecule has 2 rings (SSSR count). The standard InChI is InChI=1S/C12H18NO2Si.Li/c1-12(2)8-14-11(13-12)9-6-7-10(15-9)16(3,4)5;/h7H,8H2,1-5H3;/q-1;+1. The van der Waals surface area contributed by atoms with Crippen molar-refractivity contribution in [2.75, 3.05) is 6.61 Å². The van der Waals surface area contributed by atoms with Crippen LogP contribution in [0, 0.1) is 6.07 Å². The number of rotatable bonds is 2. The van der Waals surface area contributed by atoms with Gasteiger partial charge in [0.25, 0.3) is 0 Å². The Hall–Kier alpha value is -0.436. The molecule has 0 saturated heterocycles. The summed E-state index contributed by atoms with van der Waals surface area (Å²) in [5.41, 5.74) is -0.144. The molecule has 1 aliphatic rings. The van der Waals surface area contributed by atoms with Crippen molar-refractivity contribution in [1.82, 2.24) is 0 Å². The summed E-state index contributed by atoms with van der Waals surface area (Å²) in [5, 5.41) is 1.04. The fraction of sp³-hybridized carbons (Fsp3) is 0.583. The summed E-state index contributed by atoms with van der Waals surface area (Å²) in [6.07, 6.45) is 0. The third-order valence-electron chi connectivity index (χ3n) is 2.45. The molecule has 0 radical (unpaired) electrons. The predicted octanol–water partition coefficient (Wildman–Crippen LogP) is -0.816. The van der Waals surface area contributed by atoms with Gasteiger partial charge in [-0.2, -0.15) is 0 Å². The van der Waals surface area contributed by atoms with Crippen molar-refractivity contribution < 1.29 is 28.0 Å². The molecule has 0 atom stereocenters. The van der Waals surface area contributed by atoms with Gasteiger partial charge in [-0.1, -0.05) is 19.6 Å². The van der Waals surface area contributed by atoms with Gasteiger partial charge in [0.2, 0.25) is 0 Å². The van der Waals surface area contributed by atoms with Crippen LogP contribution in [0.15, 0.2) is 15.5 Å². The molecule has 3 nitrogen and oxygen atoms in total. The minimum atomic E-state index is -1.41. The average Bonchev–Trinajstić information content (AvgIpc) is 2.68. The first-order valence-electron chi connectivity index (χ1n) is 5.53.